The lowest BCUT2D eigenvalue weighted by molar-refractivity contribution is 0.0948. The molecule has 12 nitrogen and oxygen atoms in total. The Morgan fingerprint density at radius 1 is 1.10 bits per heavy atom. The van der Waals surface area contributed by atoms with Crippen molar-refractivity contribution in [1.82, 2.24) is 49.9 Å². The second kappa shape index (κ2) is 12.6. The second-order valence-electron chi connectivity index (χ2n) is 9.44. The minimum absolute atomic E-state index is 0.0971. The molecular formula is C28H31FN10O2. The van der Waals surface area contributed by atoms with Crippen LogP contribution in [0, 0.1) is 5.82 Å². The minimum Gasteiger partial charge on any atom is -0.486 e. The summed E-state index contributed by atoms with van der Waals surface area (Å²) in [6.07, 6.45) is 4.29. The fraction of sp³-hybridized carbons (Fsp3) is 0.321. The molecule has 0 fully saturated rings. The lowest BCUT2D eigenvalue weighted by atomic mass is 10.1. The van der Waals surface area contributed by atoms with Gasteiger partial charge >= 0.3 is 0 Å². The molecule has 1 aromatic carbocycles. The zero-order chi connectivity index (χ0) is 28.8. The molecule has 1 atom stereocenters. The SMILES string of the molecule is CCN(CC)CCNC(=O)c1ccnc(-n2cnc3ccc(-c4ccc(F)c(O[C@@H](C)Cn5cnnn5)c4)nc32)c1. The second-order valence-corrected chi connectivity index (χ2v) is 9.44. The highest BCUT2D eigenvalue weighted by molar-refractivity contribution is 5.94. The largest absolute Gasteiger partial charge is 0.486 e. The number of amides is 1. The molecule has 0 saturated carbocycles. The average Bonchev–Trinajstić information content (AvgIpc) is 3.66. The van der Waals surface area contributed by atoms with Gasteiger partial charge < -0.3 is 15.0 Å². The lowest BCUT2D eigenvalue weighted by Crippen LogP contribution is -2.34. The Labute approximate surface area is 236 Å². The maximum Gasteiger partial charge on any atom is 0.251 e. The van der Waals surface area contributed by atoms with Crippen LogP contribution in [0.15, 0.2) is 61.3 Å². The van der Waals surface area contributed by atoms with E-state index in [1.165, 1.54) is 17.1 Å². The molecule has 0 aliphatic heterocycles. The van der Waals surface area contributed by atoms with Gasteiger partial charge in [0.1, 0.15) is 30.1 Å². The predicted molar refractivity (Wildman–Crippen MR) is 150 cm³/mol. The summed E-state index contributed by atoms with van der Waals surface area (Å²) in [5, 5.41) is 14.0. The van der Waals surface area contributed by atoms with Gasteiger partial charge in [-0.3, -0.25) is 9.36 Å². The highest BCUT2D eigenvalue weighted by Crippen LogP contribution is 2.28. The molecule has 13 heteroatoms. The molecule has 0 unspecified atom stereocenters. The van der Waals surface area contributed by atoms with Gasteiger partial charge in [0.25, 0.3) is 5.91 Å². The van der Waals surface area contributed by atoms with Crippen molar-refractivity contribution in [2.75, 3.05) is 26.2 Å². The van der Waals surface area contributed by atoms with Crippen molar-refractivity contribution in [3.05, 3.63) is 72.7 Å². The van der Waals surface area contributed by atoms with Crippen molar-refractivity contribution >= 4 is 17.1 Å². The molecule has 0 aliphatic rings. The van der Waals surface area contributed by atoms with E-state index in [0.29, 0.717) is 46.9 Å². The highest BCUT2D eigenvalue weighted by Gasteiger charge is 2.15. The third kappa shape index (κ3) is 6.52. The Kier molecular flexibility index (Phi) is 8.53. The van der Waals surface area contributed by atoms with E-state index >= 15 is 0 Å². The van der Waals surface area contributed by atoms with Crippen LogP contribution in [0.2, 0.25) is 0 Å². The van der Waals surface area contributed by atoms with Gasteiger partial charge in [-0.2, -0.15) is 0 Å². The standard InChI is InChI=1S/C28H31FN10O2/c1-4-37(5-2)13-12-31-28(40)21-10-11-30-26(15-21)39-17-32-24-9-8-23(34-27(24)39)20-6-7-22(29)25(14-20)41-19(3)16-38-18-33-35-36-38/h6-11,14-15,17-19H,4-5,12-13,16H2,1-3H3,(H,31,40)/t19-/m0/s1. The summed E-state index contributed by atoms with van der Waals surface area (Å²) in [5.41, 5.74) is 2.96. The summed E-state index contributed by atoms with van der Waals surface area (Å²) in [5.74, 6) is -0.0557. The van der Waals surface area contributed by atoms with Crippen molar-refractivity contribution in [3.63, 3.8) is 0 Å². The molecule has 212 valence electrons. The van der Waals surface area contributed by atoms with Gasteiger partial charge in [0.15, 0.2) is 17.2 Å². The van der Waals surface area contributed by atoms with Crippen LogP contribution < -0.4 is 10.1 Å². The van der Waals surface area contributed by atoms with Gasteiger partial charge in [0.2, 0.25) is 0 Å². The van der Waals surface area contributed by atoms with Crippen LogP contribution in [0.5, 0.6) is 5.75 Å². The fourth-order valence-electron chi connectivity index (χ4n) is 4.42. The highest BCUT2D eigenvalue weighted by atomic mass is 19.1. The first-order valence-corrected chi connectivity index (χ1v) is 13.4. The normalized spacial score (nSPS) is 12.1. The zero-order valence-electron chi connectivity index (χ0n) is 23.1. The van der Waals surface area contributed by atoms with E-state index in [1.54, 1.807) is 41.4 Å². The Bertz CT molecular complexity index is 1620. The van der Waals surface area contributed by atoms with Gasteiger partial charge in [-0.25, -0.2) is 24.0 Å². The van der Waals surface area contributed by atoms with Crippen molar-refractivity contribution < 1.29 is 13.9 Å². The van der Waals surface area contributed by atoms with Crippen molar-refractivity contribution in [2.24, 2.45) is 0 Å². The monoisotopic (exact) mass is 558 g/mol. The number of nitrogens with one attached hydrogen (secondary N) is 1. The third-order valence-corrected chi connectivity index (χ3v) is 6.65. The number of benzene rings is 1. The third-order valence-electron chi connectivity index (χ3n) is 6.65. The first-order chi connectivity index (χ1) is 19.9. The molecule has 0 aliphatic carbocycles. The number of nitrogens with zero attached hydrogens (tertiary/aromatic N) is 9. The molecule has 41 heavy (non-hydrogen) atoms. The summed E-state index contributed by atoms with van der Waals surface area (Å²) >= 11 is 0. The summed E-state index contributed by atoms with van der Waals surface area (Å²) in [4.78, 5) is 28.7. The first-order valence-electron chi connectivity index (χ1n) is 13.4. The van der Waals surface area contributed by atoms with E-state index in [4.69, 9.17) is 9.72 Å². The van der Waals surface area contributed by atoms with Crippen molar-refractivity contribution in [3.8, 4) is 22.8 Å². The van der Waals surface area contributed by atoms with Crippen LogP contribution in [0.3, 0.4) is 0 Å². The number of halogens is 1. The van der Waals surface area contributed by atoms with Crippen LogP contribution in [0.4, 0.5) is 4.39 Å². The van der Waals surface area contributed by atoms with E-state index in [9.17, 15) is 9.18 Å². The number of pyridine rings is 2. The minimum atomic E-state index is -0.486. The van der Waals surface area contributed by atoms with E-state index in [0.717, 1.165) is 19.6 Å². The van der Waals surface area contributed by atoms with E-state index in [-0.39, 0.29) is 17.8 Å². The fourth-order valence-corrected chi connectivity index (χ4v) is 4.42. The molecule has 4 heterocycles. The van der Waals surface area contributed by atoms with Crippen LogP contribution >= 0.6 is 0 Å². The van der Waals surface area contributed by atoms with Crippen LogP contribution in [0.25, 0.3) is 28.2 Å². The number of carbonyl (C=O) groups is 1. The molecule has 0 saturated heterocycles. The number of likely N-dealkylation sites (N-methyl/N-ethyl adjacent to an activating group) is 1. The number of fused-ring (bicyclic) bond motifs is 1. The van der Waals surface area contributed by atoms with E-state index < -0.39 is 5.82 Å². The molecule has 0 spiro atoms. The van der Waals surface area contributed by atoms with Crippen molar-refractivity contribution in [2.45, 2.75) is 33.4 Å². The Hall–Kier alpha value is -4.78. The number of aromatic nitrogens is 8. The number of rotatable bonds is 12. The first kappa shape index (κ1) is 27.8. The summed E-state index contributed by atoms with van der Waals surface area (Å²) < 4.78 is 23.7. The number of ether oxygens (including phenoxy) is 1. The topological polar surface area (TPSA) is 129 Å². The maximum absolute atomic E-state index is 14.6. The smallest absolute Gasteiger partial charge is 0.251 e. The predicted octanol–water partition coefficient (Wildman–Crippen LogP) is 3.15. The molecule has 1 N–H and O–H groups in total. The number of hydrogen-bond acceptors (Lipinski definition) is 9. The Morgan fingerprint density at radius 3 is 2.73 bits per heavy atom. The van der Waals surface area contributed by atoms with E-state index in [1.807, 2.05) is 19.1 Å². The summed E-state index contributed by atoms with van der Waals surface area (Å²) in [6, 6.07) is 11.6. The molecule has 5 rings (SSSR count). The zero-order valence-corrected chi connectivity index (χ0v) is 23.1. The van der Waals surface area contributed by atoms with E-state index in [2.05, 4.69) is 49.6 Å². The molecular weight excluding hydrogens is 527 g/mol. The summed E-state index contributed by atoms with van der Waals surface area (Å²) in [7, 11) is 0. The summed E-state index contributed by atoms with van der Waals surface area (Å²) in [6.45, 7) is 9.56. The average molecular weight is 559 g/mol. The van der Waals surface area contributed by atoms with Gasteiger partial charge in [-0.05, 0) is 72.9 Å². The van der Waals surface area contributed by atoms with Crippen LogP contribution in [-0.2, 0) is 6.54 Å². The van der Waals surface area contributed by atoms with Gasteiger partial charge in [-0.1, -0.05) is 13.8 Å². The number of hydrogen-bond donors (Lipinski definition) is 1. The Balaban J connectivity index is 1.36. The molecule has 0 radical (unpaired) electrons. The number of carbonyl (C=O) groups excluding carboxylic acids is 1. The number of tetrazole rings is 1. The maximum atomic E-state index is 14.6. The van der Waals surface area contributed by atoms with Gasteiger partial charge in [0, 0.05) is 30.4 Å². The van der Waals surface area contributed by atoms with Gasteiger partial charge in [-0.15, -0.1) is 5.10 Å². The molecule has 1 amide bonds. The lowest BCUT2D eigenvalue weighted by Gasteiger charge is -2.18. The number of imidazole rings is 1. The quantitative estimate of drug-likeness (QED) is 0.246. The Morgan fingerprint density at radius 2 is 1.95 bits per heavy atom. The van der Waals surface area contributed by atoms with Gasteiger partial charge in [0.05, 0.1) is 12.2 Å². The molecule has 5 aromatic rings. The van der Waals surface area contributed by atoms with Crippen LogP contribution in [-0.4, -0.2) is 82.8 Å². The van der Waals surface area contributed by atoms with Crippen molar-refractivity contribution in [1.29, 1.82) is 0 Å². The van der Waals surface area contributed by atoms with Crippen LogP contribution in [0.1, 0.15) is 31.1 Å². The molecule has 4 aromatic heterocycles. The molecule has 0 bridgehead atoms.